The number of rotatable bonds is 5. The van der Waals surface area contributed by atoms with Crippen LogP contribution < -0.4 is 0 Å². The molecule has 1 saturated heterocycles. The van der Waals surface area contributed by atoms with Crippen molar-refractivity contribution in [3.63, 3.8) is 0 Å². The highest BCUT2D eigenvalue weighted by molar-refractivity contribution is 5.79. The lowest BCUT2D eigenvalue weighted by Gasteiger charge is -2.34. The SMILES string of the molecule is CC#CCCN1CCCC1(CCC)C(=O)O. The van der Waals surface area contributed by atoms with Crippen molar-refractivity contribution in [1.82, 2.24) is 4.90 Å². The molecule has 0 saturated carbocycles. The van der Waals surface area contributed by atoms with Crippen molar-refractivity contribution in [3.8, 4) is 11.8 Å². The van der Waals surface area contributed by atoms with Gasteiger partial charge in [-0.2, -0.15) is 0 Å². The topological polar surface area (TPSA) is 40.5 Å². The maximum absolute atomic E-state index is 11.5. The minimum absolute atomic E-state index is 0.607. The fourth-order valence-electron chi connectivity index (χ4n) is 2.62. The molecule has 0 aromatic rings. The van der Waals surface area contributed by atoms with Gasteiger partial charge in [-0.15, -0.1) is 11.8 Å². The summed E-state index contributed by atoms with van der Waals surface area (Å²) in [6.07, 6.45) is 4.22. The van der Waals surface area contributed by atoms with Crippen LogP contribution in [0.3, 0.4) is 0 Å². The van der Waals surface area contributed by atoms with E-state index in [0.29, 0.717) is 0 Å². The molecule has 0 amide bonds. The van der Waals surface area contributed by atoms with E-state index in [0.717, 1.165) is 45.2 Å². The van der Waals surface area contributed by atoms with Crippen LogP contribution in [0.15, 0.2) is 0 Å². The van der Waals surface area contributed by atoms with Crippen LogP contribution in [0.2, 0.25) is 0 Å². The third-order valence-electron chi connectivity index (χ3n) is 3.37. The molecule has 1 aliphatic heterocycles. The Balaban J connectivity index is 2.71. The molecule has 0 bridgehead atoms. The van der Waals surface area contributed by atoms with E-state index in [9.17, 15) is 9.90 Å². The van der Waals surface area contributed by atoms with Crippen molar-refractivity contribution in [2.24, 2.45) is 0 Å². The van der Waals surface area contributed by atoms with Gasteiger partial charge in [-0.3, -0.25) is 9.69 Å². The molecule has 0 aliphatic carbocycles. The van der Waals surface area contributed by atoms with E-state index in [2.05, 4.69) is 16.7 Å². The average molecular weight is 223 g/mol. The van der Waals surface area contributed by atoms with Gasteiger partial charge in [0.1, 0.15) is 5.54 Å². The second-order valence-corrected chi connectivity index (χ2v) is 4.35. The number of carbonyl (C=O) groups is 1. The molecule has 16 heavy (non-hydrogen) atoms. The Hall–Kier alpha value is -1.01. The number of hydrogen-bond donors (Lipinski definition) is 1. The summed E-state index contributed by atoms with van der Waals surface area (Å²) in [4.78, 5) is 13.6. The first-order valence-corrected chi connectivity index (χ1v) is 6.05. The van der Waals surface area contributed by atoms with Gasteiger partial charge in [-0.25, -0.2) is 0 Å². The maximum atomic E-state index is 11.5. The van der Waals surface area contributed by atoms with Crippen LogP contribution in [0, 0.1) is 11.8 Å². The zero-order valence-electron chi connectivity index (χ0n) is 10.3. The first kappa shape index (κ1) is 13.1. The van der Waals surface area contributed by atoms with Crippen molar-refractivity contribution in [3.05, 3.63) is 0 Å². The second kappa shape index (κ2) is 5.91. The molecule has 1 unspecified atom stereocenters. The molecule has 0 aromatic heterocycles. The summed E-state index contributed by atoms with van der Waals surface area (Å²) in [5.41, 5.74) is -0.607. The van der Waals surface area contributed by atoms with Gasteiger partial charge in [0.15, 0.2) is 0 Å². The van der Waals surface area contributed by atoms with Gasteiger partial charge in [-0.05, 0) is 32.7 Å². The lowest BCUT2D eigenvalue weighted by molar-refractivity contribution is -0.150. The Labute approximate surface area is 97.8 Å². The van der Waals surface area contributed by atoms with Crippen molar-refractivity contribution in [2.45, 2.75) is 51.5 Å². The van der Waals surface area contributed by atoms with E-state index in [1.54, 1.807) is 0 Å². The maximum Gasteiger partial charge on any atom is 0.324 e. The summed E-state index contributed by atoms with van der Waals surface area (Å²) in [7, 11) is 0. The lowest BCUT2D eigenvalue weighted by Crippen LogP contribution is -2.50. The Bertz CT molecular complexity index is 303. The monoisotopic (exact) mass is 223 g/mol. The molecule has 1 heterocycles. The Morgan fingerprint density at radius 3 is 2.88 bits per heavy atom. The molecular weight excluding hydrogens is 202 g/mol. The normalized spacial score (nSPS) is 25.1. The molecule has 0 aromatic carbocycles. The van der Waals surface area contributed by atoms with Crippen LogP contribution in [0.1, 0.15) is 46.0 Å². The number of hydrogen-bond acceptors (Lipinski definition) is 2. The fraction of sp³-hybridized carbons (Fsp3) is 0.769. The first-order chi connectivity index (χ1) is 7.67. The first-order valence-electron chi connectivity index (χ1n) is 6.05. The Morgan fingerprint density at radius 2 is 2.31 bits per heavy atom. The van der Waals surface area contributed by atoms with E-state index in [4.69, 9.17) is 0 Å². The van der Waals surface area contributed by atoms with Crippen LogP contribution in [-0.4, -0.2) is 34.6 Å². The number of nitrogens with zero attached hydrogens (tertiary/aromatic N) is 1. The van der Waals surface area contributed by atoms with E-state index in [-0.39, 0.29) is 0 Å². The smallest absolute Gasteiger partial charge is 0.324 e. The van der Waals surface area contributed by atoms with Gasteiger partial charge in [0, 0.05) is 13.0 Å². The number of aliphatic carboxylic acids is 1. The summed E-state index contributed by atoms with van der Waals surface area (Å²) < 4.78 is 0. The minimum Gasteiger partial charge on any atom is -0.480 e. The van der Waals surface area contributed by atoms with Crippen molar-refractivity contribution in [1.29, 1.82) is 0 Å². The van der Waals surface area contributed by atoms with E-state index < -0.39 is 11.5 Å². The summed E-state index contributed by atoms with van der Waals surface area (Å²) in [5, 5.41) is 9.44. The van der Waals surface area contributed by atoms with Gasteiger partial charge in [0.2, 0.25) is 0 Å². The van der Waals surface area contributed by atoms with E-state index in [1.807, 2.05) is 13.8 Å². The van der Waals surface area contributed by atoms with Gasteiger partial charge >= 0.3 is 5.97 Å². The molecule has 0 radical (unpaired) electrons. The predicted molar refractivity (Wildman–Crippen MR) is 64.1 cm³/mol. The highest BCUT2D eigenvalue weighted by atomic mass is 16.4. The summed E-state index contributed by atoms with van der Waals surface area (Å²) >= 11 is 0. The van der Waals surface area contributed by atoms with Crippen LogP contribution in [0.4, 0.5) is 0 Å². The van der Waals surface area contributed by atoms with E-state index >= 15 is 0 Å². The standard InChI is InChI=1S/C13H21NO2/c1-3-5-6-10-14-11-7-9-13(14,8-4-2)12(15)16/h4,6-11H2,1-2H3,(H,15,16). The summed E-state index contributed by atoms with van der Waals surface area (Å²) in [6, 6.07) is 0. The molecule has 1 fully saturated rings. The predicted octanol–water partition coefficient (Wildman–Crippen LogP) is 2.12. The molecule has 0 spiro atoms. The molecule has 3 heteroatoms. The molecule has 1 atom stereocenters. The Morgan fingerprint density at radius 1 is 1.56 bits per heavy atom. The Kier molecular flexibility index (Phi) is 4.82. The van der Waals surface area contributed by atoms with Gasteiger partial charge in [0.25, 0.3) is 0 Å². The average Bonchev–Trinajstić information content (AvgIpc) is 2.64. The molecule has 90 valence electrons. The molecule has 1 N–H and O–H groups in total. The van der Waals surface area contributed by atoms with Crippen molar-refractivity contribution >= 4 is 5.97 Å². The van der Waals surface area contributed by atoms with Crippen LogP contribution >= 0.6 is 0 Å². The number of likely N-dealkylation sites (tertiary alicyclic amines) is 1. The van der Waals surface area contributed by atoms with Crippen LogP contribution in [-0.2, 0) is 4.79 Å². The molecular formula is C13H21NO2. The summed E-state index contributed by atoms with van der Waals surface area (Å²) in [5.74, 6) is 5.21. The largest absolute Gasteiger partial charge is 0.480 e. The highest BCUT2D eigenvalue weighted by Gasteiger charge is 2.46. The van der Waals surface area contributed by atoms with Crippen LogP contribution in [0.25, 0.3) is 0 Å². The highest BCUT2D eigenvalue weighted by Crippen LogP contribution is 2.33. The van der Waals surface area contributed by atoms with Gasteiger partial charge < -0.3 is 5.11 Å². The van der Waals surface area contributed by atoms with Gasteiger partial charge in [-0.1, -0.05) is 13.3 Å². The number of carboxylic acids is 1. The van der Waals surface area contributed by atoms with E-state index in [1.165, 1.54) is 0 Å². The fourth-order valence-corrected chi connectivity index (χ4v) is 2.62. The van der Waals surface area contributed by atoms with Crippen molar-refractivity contribution in [2.75, 3.05) is 13.1 Å². The zero-order valence-corrected chi connectivity index (χ0v) is 10.3. The molecule has 1 aliphatic rings. The lowest BCUT2D eigenvalue weighted by atomic mass is 9.90. The molecule has 1 rings (SSSR count). The number of carboxylic acid groups (broad SMARTS) is 1. The second-order valence-electron chi connectivity index (χ2n) is 4.35. The third-order valence-corrected chi connectivity index (χ3v) is 3.37. The quantitative estimate of drug-likeness (QED) is 0.726. The third kappa shape index (κ3) is 2.56. The van der Waals surface area contributed by atoms with Crippen LogP contribution in [0.5, 0.6) is 0 Å². The minimum atomic E-state index is -0.656. The summed E-state index contributed by atoms with van der Waals surface area (Å²) in [6.45, 7) is 5.55. The van der Waals surface area contributed by atoms with Gasteiger partial charge in [0.05, 0.1) is 0 Å². The molecule has 3 nitrogen and oxygen atoms in total. The van der Waals surface area contributed by atoms with Crippen molar-refractivity contribution < 1.29 is 9.90 Å². The zero-order chi connectivity index (χ0) is 12.0.